The first kappa shape index (κ1) is 16.8. The smallest absolute Gasteiger partial charge is 0.317 e. The van der Waals surface area contributed by atoms with E-state index in [0.29, 0.717) is 26.2 Å². The molecule has 1 N–H and O–H groups in total. The molecule has 24 heavy (non-hydrogen) atoms. The molecule has 132 valence electrons. The van der Waals surface area contributed by atoms with Gasteiger partial charge in [0.25, 0.3) is 0 Å². The van der Waals surface area contributed by atoms with Crippen molar-refractivity contribution in [2.45, 2.75) is 39.7 Å². The summed E-state index contributed by atoms with van der Waals surface area (Å²) in [5.41, 5.74) is 3.10. The fourth-order valence-electron chi connectivity index (χ4n) is 3.28. The van der Waals surface area contributed by atoms with Crippen molar-refractivity contribution in [3.8, 4) is 0 Å². The average Bonchev–Trinajstić information content (AvgIpc) is 3.37. The van der Waals surface area contributed by atoms with E-state index in [0.717, 1.165) is 42.8 Å². The van der Waals surface area contributed by atoms with Gasteiger partial charge in [0.15, 0.2) is 0 Å². The fourth-order valence-corrected chi connectivity index (χ4v) is 3.28. The molecule has 2 heterocycles. The minimum atomic E-state index is -0.0571. The van der Waals surface area contributed by atoms with E-state index in [1.165, 1.54) is 0 Å². The lowest BCUT2D eigenvalue weighted by atomic mass is 10.2. The van der Waals surface area contributed by atoms with E-state index in [-0.39, 0.29) is 17.9 Å². The molecule has 3 rings (SSSR count). The summed E-state index contributed by atoms with van der Waals surface area (Å²) >= 11 is 0. The fraction of sp³-hybridized carbons (Fsp3) is 0.706. The molecule has 1 aromatic heterocycles. The van der Waals surface area contributed by atoms with E-state index < -0.39 is 0 Å². The van der Waals surface area contributed by atoms with Crippen molar-refractivity contribution in [3.63, 3.8) is 0 Å². The van der Waals surface area contributed by atoms with Crippen LogP contribution in [0.1, 0.15) is 36.2 Å². The lowest BCUT2D eigenvalue weighted by Gasteiger charge is -2.22. The van der Waals surface area contributed by atoms with E-state index in [9.17, 15) is 9.59 Å². The van der Waals surface area contributed by atoms with E-state index >= 15 is 0 Å². The van der Waals surface area contributed by atoms with Gasteiger partial charge in [0.05, 0.1) is 5.69 Å². The van der Waals surface area contributed by atoms with Crippen LogP contribution < -0.4 is 5.32 Å². The van der Waals surface area contributed by atoms with Crippen LogP contribution in [0.3, 0.4) is 0 Å². The zero-order valence-corrected chi connectivity index (χ0v) is 14.8. The maximum atomic E-state index is 12.5. The Hall–Kier alpha value is -2.05. The van der Waals surface area contributed by atoms with Crippen molar-refractivity contribution in [2.75, 3.05) is 26.2 Å². The normalized spacial score (nSPS) is 18.5. The molecule has 2 fully saturated rings. The topological polar surface area (TPSA) is 70.5 Å². The van der Waals surface area contributed by atoms with Crippen LogP contribution in [0, 0.1) is 19.8 Å². The average molecular weight is 333 g/mol. The number of hydrogen-bond acceptors (Lipinski definition) is 3. The molecule has 7 nitrogen and oxygen atoms in total. The Labute approximate surface area is 143 Å². The number of aryl methyl sites for hydroxylation is 2. The number of rotatable bonds is 3. The quantitative estimate of drug-likeness (QED) is 0.903. The molecule has 1 aromatic rings. The Morgan fingerprint density at radius 2 is 1.79 bits per heavy atom. The number of urea groups is 1. The first-order valence-electron chi connectivity index (χ1n) is 8.78. The largest absolute Gasteiger partial charge is 0.341 e. The van der Waals surface area contributed by atoms with E-state index in [2.05, 4.69) is 10.4 Å². The second kappa shape index (κ2) is 6.83. The monoisotopic (exact) mass is 333 g/mol. The van der Waals surface area contributed by atoms with E-state index in [4.69, 9.17) is 0 Å². The van der Waals surface area contributed by atoms with Gasteiger partial charge in [-0.3, -0.25) is 9.48 Å². The number of amides is 3. The van der Waals surface area contributed by atoms with Crippen LogP contribution in [-0.4, -0.2) is 57.7 Å². The molecule has 0 spiro atoms. The van der Waals surface area contributed by atoms with Crippen molar-refractivity contribution < 1.29 is 9.59 Å². The molecule has 2 aliphatic rings. The van der Waals surface area contributed by atoms with Gasteiger partial charge in [-0.2, -0.15) is 5.10 Å². The molecule has 1 saturated carbocycles. The van der Waals surface area contributed by atoms with Crippen LogP contribution in [0.25, 0.3) is 0 Å². The molecule has 0 aromatic carbocycles. The molecule has 1 aliphatic carbocycles. The van der Waals surface area contributed by atoms with Crippen LogP contribution in [-0.2, 0) is 18.4 Å². The highest BCUT2D eigenvalue weighted by molar-refractivity contribution is 5.81. The van der Waals surface area contributed by atoms with Crippen LogP contribution in [0.15, 0.2) is 0 Å². The number of nitrogens with one attached hydrogen (secondary N) is 1. The van der Waals surface area contributed by atoms with Crippen molar-refractivity contribution in [1.29, 1.82) is 0 Å². The second-order valence-electron chi connectivity index (χ2n) is 6.87. The third-order valence-corrected chi connectivity index (χ3v) is 5.10. The van der Waals surface area contributed by atoms with Gasteiger partial charge in [-0.25, -0.2) is 4.79 Å². The van der Waals surface area contributed by atoms with Gasteiger partial charge in [-0.05, 0) is 33.1 Å². The number of carbonyl (C=O) groups excluding carboxylic acids is 2. The van der Waals surface area contributed by atoms with Gasteiger partial charge in [0, 0.05) is 56.9 Å². The molecule has 1 saturated heterocycles. The summed E-state index contributed by atoms with van der Waals surface area (Å²) in [6.45, 7) is 7.18. The molecule has 7 heteroatoms. The number of nitrogens with zero attached hydrogens (tertiary/aromatic N) is 4. The van der Waals surface area contributed by atoms with Crippen LogP contribution in [0.4, 0.5) is 4.79 Å². The highest BCUT2D eigenvalue weighted by Crippen LogP contribution is 2.31. The lowest BCUT2D eigenvalue weighted by Crippen LogP contribution is -2.42. The Bertz CT molecular complexity index is 635. The summed E-state index contributed by atoms with van der Waals surface area (Å²) in [5.74, 6) is 0.528. The zero-order valence-electron chi connectivity index (χ0n) is 14.8. The van der Waals surface area contributed by atoms with E-state index in [1.807, 2.05) is 35.4 Å². The highest BCUT2D eigenvalue weighted by Gasteiger charge is 2.34. The third-order valence-electron chi connectivity index (χ3n) is 5.10. The molecular formula is C17H27N5O2. The number of aromatic nitrogens is 2. The van der Waals surface area contributed by atoms with Gasteiger partial charge in [-0.1, -0.05) is 0 Å². The molecule has 0 radical (unpaired) electrons. The summed E-state index contributed by atoms with van der Waals surface area (Å²) in [6.07, 6.45) is 2.91. The van der Waals surface area contributed by atoms with Crippen molar-refractivity contribution in [2.24, 2.45) is 13.0 Å². The first-order valence-corrected chi connectivity index (χ1v) is 8.78. The third kappa shape index (κ3) is 3.55. The predicted octanol–water partition coefficient (Wildman–Crippen LogP) is 1.19. The Morgan fingerprint density at radius 1 is 1.12 bits per heavy atom. The molecule has 0 bridgehead atoms. The Balaban J connectivity index is 1.52. The van der Waals surface area contributed by atoms with Crippen molar-refractivity contribution in [1.82, 2.24) is 24.9 Å². The lowest BCUT2D eigenvalue weighted by molar-refractivity contribution is -0.132. The first-order chi connectivity index (χ1) is 11.5. The predicted molar refractivity (Wildman–Crippen MR) is 90.4 cm³/mol. The maximum Gasteiger partial charge on any atom is 0.317 e. The Morgan fingerprint density at radius 3 is 2.42 bits per heavy atom. The second-order valence-corrected chi connectivity index (χ2v) is 6.87. The summed E-state index contributed by atoms with van der Waals surface area (Å²) < 4.78 is 1.84. The molecule has 0 unspecified atom stereocenters. The molecular weight excluding hydrogens is 306 g/mol. The minimum absolute atomic E-state index is 0.0571. The summed E-state index contributed by atoms with van der Waals surface area (Å²) in [7, 11) is 1.91. The maximum absolute atomic E-state index is 12.5. The van der Waals surface area contributed by atoms with Crippen LogP contribution in [0.5, 0.6) is 0 Å². The standard InChI is InChI=1S/C17H27N5O2/c1-12-15(13(2)20(3)19-12)11-18-17(24)22-8-4-7-21(9-10-22)16(23)14-5-6-14/h14H,4-11H2,1-3H3,(H,18,24). The number of hydrogen-bond donors (Lipinski definition) is 1. The highest BCUT2D eigenvalue weighted by atomic mass is 16.2. The molecule has 1 aliphatic heterocycles. The van der Waals surface area contributed by atoms with Crippen LogP contribution in [0.2, 0.25) is 0 Å². The van der Waals surface area contributed by atoms with Crippen molar-refractivity contribution in [3.05, 3.63) is 17.0 Å². The van der Waals surface area contributed by atoms with Gasteiger partial charge >= 0.3 is 6.03 Å². The minimum Gasteiger partial charge on any atom is -0.341 e. The van der Waals surface area contributed by atoms with Gasteiger partial charge in [-0.15, -0.1) is 0 Å². The molecule has 3 amide bonds. The van der Waals surface area contributed by atoms with E-state index in [1.54, 1.807) is 0 Å². The summed E-state index contributed by atoms with van der Waals surface area (Å²) in [6, 6.07) is -0.0571. The van der Waals surface area contributed by atoms with Gasteiger partial charge < -0.3 is 15.1 Å². The SMILES string of the molecule is Cc1nn(C)c(C)c1CNC(=O)N1CCCN(C(=O)C2CC2)CC1. The number of carbonyl (C=O) groups is 2. The Kier molecular flexibility index (Phi) is 4.78. The summed E-state index contributed by atoms with van der Waals surface area (Å²) in [5, 5.41) is 7.38. The van der Waals surface area contributed by atoms with Gasteiger partial charge in [0.1, 0.15) is 0 Å². The van der Waals surface area contributed by atoms with Crippen molar-refractivity contribution >= 4 is 11.9 Å². The molecule has 0 atom stereocenters. The zero-order chi connectivity index (χ0) is 17.3. The summed E-state index contributed by atoms with van der Waals surface area (Å²) in [4.78, 5) is 28.4. The van der Waals surface area contributed by atoms with Crippen LogP contribution >= 0.6 is 0 Å². The van der Waals surface area contributed by atoms with Gasteiger partial charge in [0.2, 0.25) is 5.91 Å².